The van der Waals surface area contributed by atoms with Crippen LogP contribution in [-0.4, -0.2) is 63.5 Å². The number of hydrogen-bond acceptors (Lipinski definition) is 6. The van der Waals surface area contributed by atoms with Crippen molar-refractivity contribution in [2.45, 2.75) is 96.4 Å². The van der Waals surface area contributed by atoms with Crippen LogP contribution in [-0.2, 0) is 29.9 Å². The van der Waals surface area contributed by atoms with E-state index in [-0.39, 0.29) is 29.9 Å². The van der Waals surface area contributed by atoms with Crippen LogP contribution in [0.5, 0.6) is 0 Å². The number of hydrogen-bond donors (Lipinski definition) is 0. The quantitative estimate of drug-likeness (QED) is 0.286. The normalized spacial score (nSPS) is 22.4. The van der Waals surface area contributed by atoms with Gasteiger partial charge < -0.3 is 18.6 Å². The molecule has 3 atom stereocenters. The molecule has 0 aromatic heterocycles. The van der Waals surface area contributed by atoms with Crippen LogP contribution in [0.3, 0.4) is 0 Å². The number of ether oxygens (including phenoxy) is 3. The average Bonchev–Trinajstić information content (AvgIpc) is 3.20. The molecule has 2 heterocycles. The molecule has 3 rings (SSSR count). The Kier molecular flexibility index (Phi) is 9.91. The molecule has 0 saturated carbocycles. The lowest BCUT2D eigenvalue weighted by atomic mass is 10.0. The van der Waals surface area contributed by atoms with Gasteiger partial charge >= 0.3 is 6.09 Å². The van der Waals surface area contributed by atoms with Crippen LogP contribution >= 0.6 is 0 Å². The van der Waals surface area contributed by atoms with E-state index in [2.05, 4.69) is 33.9 Å². The third kappa shape index (κ3) is 7.75. The summed E-state index contributed by atoms with van der Waals surface area (Å²) in [4.78, 5) is 27.8. The summed E-state index contributed by atoms with van der Waals surface area (Å²) in [5, 5.41) is -0.0827. The predicted molar refractivity (Wildman–Crippen MR) is 142 cm³/mol. The molecule has 2 saturated heterocycles. The first-order chi connectivity index (χ1) is 17.0. The Bertz CT molecular complexity index is 904. The maximum Gasteiger partial charge on any atom is 0.417 e. The molecule has 2 amide bonds. The monoisotopic (exact) mass is 517 g/mol. The molecule has 200 valence electrons. The molecule has 0 N–H and O–H groups in total. The van der Waals surface area contributed by atoms with Gasteiger partial charge in [0.25, 0.3) is 5.91 Å². The summed E-state index contributed by atoms with van der Waals surface area (Å²) in [6.07, 6.45) is 4.48. The molecule has 1 aromatic rings. The second kappa shape index (κ2) is 12.5. The Morgan fingerprint density at radius 3 is 2.58 bits per heavy atom. The number of benzene rings is 1. The van der Waals surface area contributed by atoms with Gasteiger partial charge in [-0.05, 0) is 62.7 Å². The number of rotatable bonds is 10. The number of nitrogens with zero attached hydrogens (tertiary/aromatic N) is 1. The van der Waals surface area contributed by atoms with E-state index >= 15 is 0 Å². The van der Waals surface area contributed by atoms with Crippen LogP contribution in [0, 0.1) is 0 Å². The molecule has 2 fully saturated rings. The second-order valence-electron chi connectivity index (χ2n) is 11.4. The average molecular weight is 518 g/mol. The molecule has 0 aliphatic carbocycles. The van der Waals surface area contributed by atoms with E-state index in [9.17, 15) is 9.59 Å². The third-order valence-corrected chi connectivity index (χ3v) is 11.8. The van der Waals surface area contributed by atoms with E-state index in [1.165, 1.54) is 4.90 Å². The fraction of sp³-hybridized carbons (Fsp3) is 0.643. The minimum atomic E-state index is -2.30. The molecule has 8 heteroatoms. The van der Waals surface area contributed by atoms with Crippen LogP contribution < -0.4 is 0 Å². The number of amides is 2. The van der Waals surface area contributed by atoms with Crippen molar-refractivity contribution in [2.75, 3.05) is 19.8 Å². The first-order valence-electron chi connectivity index (χ1n) is 13.1. The molecule has 0 bridgehead atoms. The largest absolute Gasteiger partial charge is 0.447 e. The molecular weight excluding hydrogens is 474 g/mol. The summed E-state index contributed by atoms with van der Waals surface area (Å²) in [6.45, 7) is 14.0. The van der Waals surface area contributed by atoms with E-state index < -0.39 is 20.5 Å². The zero-order valence-corrected chi connectivity index (χ0v) is 23.7. The highest BCUT2D eigenvalue weighted by molar-refractivity contribution is 6.74. The van der Waals surface area contributed by atoms with Gasteiger partial charge in [-0.1, -0.05) is 62.8 Å². The van der Waals surface area contributed by atoms with Gasteiger partial charge in [0, 0.05) is 6.61 Å². The summed E-state index contributed by atoms with van der Waals surface area (Å²) >= 11 is 0. The minimum Gasteiger partial charge on any atom is -0.447 e. The van der Waals surface area contributed by atoms with Crippen molar-refractivity contribution in [1.29, 1.82) is 0 Å². The van der Waals surface area contributed by atoms with E-state index in [0.717, 1.165) is 37.0 Å². The van der Waals surface area contributed by atoms with Crippen LogP contribution in [0.25, 0.3) is 0 Å². The Labute approximate surface area is 217 Å². The smallest absolute Gasteiger partial charge is 0.417 e. The Balaban J connectivity index is 1.74. The van der Waals surface area contributed by atoms with Crippen LogP contribution in [0.15, 0.2) is 42.0 Å². The van der Waals surface area contributed by atoms with Crippen LogP contribution in [0.1, 0.15) is 58.9 Å². The fourth-order valence-corrected chi connectivity index (χ4v) is 5.35. The molecule has 2 aliphatic heterocycles. The maximum atomic E-state index is 13.8. The molecule has 7 nitrogen and oxygen atoms in total. The van der Waals surface area contributed by atoms with Crippen molar-refractivity contribution in [1.82, 2.24) is 4.90 Å². The molecule has 0 radical (unpaired) electrons. The van der Waals surface area contributed by atoms with Crippen molar-refractivity contribution < 1.29 is 28.2 Å². The topological polar surface area (TPSA) is 74.3 Å². The Morgan fingerprint density at radius 2 is 1.94 bits per heavy atom. The third-order valence-electron chi connectivity index (χ3n) is 7.35. The lowest BCUT2D eigenvalue weighted by Crippen LogP contribution is -2.52. The number of imide groups is 1. The molecule has 1 unspecified atom stereocenters. The van der Waals surface area contributed by atoms with Crippen molar-refractivity contribution in [3.8, 4) is 0 Å². The van der Waals surface area contributed by atoms with Crippen molar-refractivity contribution in [3.63, 3.8) is 0 Å². The predicted octanol–water partition coefficient (Wildman–Crippen LogP) is 5.85. The van der Waals surface area contributed by atoms with Crippen molar-refractivity contribution >= 4 is 20.3 Å². The first-order valence-corrected chi connectivity index (χ1v) is 16.0. The first kappa shape index (κ1) is 28.6. The number of cyclic esters (lactones) is 1. The van der Waals surface area contributed by atoms with Gasteiger partial charge in [-0.2, -0.15) is 0 Å². The summed E-state index contributed by atoms with van der Waals surface area (Å²) < 4.78 is 23.5. The highest BCUT2D eigenvalue weighted by Crippen LogP contribution is 2.38. The summed E-state index contributed by atoms with van der Waals surface area (Å²) in [6, 6.07) is 9.50. The molecule has 36 heavy (non-hydrogen) atoms. The Morgan fingerprint density at radius 1 is 1.22 bits per heavy atom. The number of carbonyl (C=O) groups is 2. The molecule has 2 aliphatic rings. The van der Waals surface area contributed by atoms with Crippen molar-refractivity contribution in [2.24, 2.45) is 0 Å². The maximum absolute atomic E-state index is 13.8. The van der Waals surface area contributed by atoms with Crippen LogP contribution in [0.2, 0.25) is 18.1 Å². The zero-order valence-electron chi connectivity index (χ0n) is 22.7. The van der Waals surface area contributed by atoms with Gasteiger partial charge in [0.15, 0.2) is 14.6 Å². The highest BCUT2D eigenvalue weighted by Gasteiger charge is 2.45. The van der Waals surface area contributed by atoms with Gasteiger partial charge in [-0.3, -0.25) is 4.79 Å². The highest BCUT2D eigenvalue weighted by atomic mass is 28.4. The van der Waals surface area contributed by atoms with Gasteiger partial charge in [0.05, 0.1) is 12.6 Å². The summed E-state index contributed by atoms with van der Waals surface area (Å²) in [7, 11) is -2.30. The molecule has 0 spiro atoms. The van der Waals surface area contributed by atoms with E-state index in [1.807, 2.05) is 43.3 Å². The summed E-state index contributed by atoms with van der Waals surface area (Å²) in [5.74, 6) is -0.330. The minimum absolute atomic E-state index is 0.0827. The number of carbonyl (C=O) groups excluding carboxylic acids is 2. The van der Waals surface area contributed by atoms with Gasteiger partial charge in [-0.25, -0.2) is 9.69 Å². The molecular formula is C28H43NO6Si. The zero-order chi connectivity index (χ0) is 26.3. The van der Waals surface area contributed by atoms with Gasteiger partial charge in [0.1, 0.15) is 12.7 Å². The lowest BCUT2D eigenvalue weighted by Gasteiger charge is -2.39. The van der Waals surface area contributed by atoms with E-state index in [1.54, 1.807) is 0 Å². The Hall–Kier alpha value is -2.00. The lowest BCUT2D eigenvalue weighted by molar-refractivity contribution is -0.156. The SMILES string of the molecule is C/C(=C/C[C@H](O[Si](C)(C)C(C)(C)C)C(=O)N1C(=O)OC[C@@H]1Cc1ccccc1)COC1CCCCO1. The standard InChI is InChI=1S/C28H43NO6Si/c1-21(19-33-25-14-10-11-17-32-25)15-16-24(35-36(5,6)28(2,3)4)26(30)29-23(20-34-27(29)31)18-22-12-8-7-9-13-22/h7-9,12-13,15,23-25H,10-11,14,16-20H2,1-6H3/b21-15-/t23-,24-,25?/m0/s1. The molecule has 1 aromatic carbocycles. The second-order valence-corrected chi connectivity index (χ2v) is 16.1. The van der Waals surface area contributed by atoms with Crippen molar-refractivity contribution in [3.05, 3.63) is 47.5 Å². The van der Waals surface area contributed by atoms with E-state index in [0.29, 0.717) is 19.4 Å². The van der Waals surface area contributed by atoms with Crippen LogP contribution in [0.4, 0.5) is 4.79 Å². The van der Waals surface area contributed by atoms with Gasteiger partial charge in [-0.15, -0.1) is 0 Å². The van der Waals surface area contributed by atoms with Gasteiger partial charge in [0.2, 0.25) is 0 Å². The fourth-order valence-electron chi connectivity index (χ4n) is 4.09. The summed E-state index contributed by atoms with van der Waals surface area (Å²) in [5.41, 5.74) is 2.06. The van der Waals surface area contributed by atoms with E-state index in [4.69, 9.17) is 18.6 Å².